The number of rotatable bonds is 3. The largest absolute Gasteiger partial charge is 0.313 e. The molecule has 0 aliphatic carbocycles. The lowest BCUT2D eigenvalue weighted by atomic mass is 10.0. The molecule has 1 rings (SSSR count). The van der Waals surface area contributed by atoms with Gasteiger partial charge in [-0.1, -0.05) is 26.0 Å². The van der Waals surface area contributed by atoms with Gasteiger partial charge < -0.3 is 4.72 Å². The van der Waals surface area contributed by atoms with Crippen LogP contribution < -0.4 is 4.72 Å². The van der Waals surface area contributed by atoms with Crippen LogP contribution in [0.2, 0.25) is 0 Å². The Morgan fingerprint density at radius 2 is 2.07 bits per heavy atom. The van der Waals surface area contributed by atoms with Gasteiger partial charge in [-0.3, -0.25) is 0 Å². The highest BCUT2D eigenvalue weighted by molar-refractivity contribution is 8.00. The van der Waals surface area contributed by atoms with Crippen LogP contribution in [0.5, 0.6) is 0 Å². The van der Waals surface area contributed by atoms with Crippen LogP contribution in [0.3, 0.4) is 0 Å². The second-order valence-electron chi connectivity index (χ2n) is 3.89. The fourth-order valence-corrected chi connectivity index (χ4v) is 1.84. The van der Waals surface area contributed by atoms with Gasteiger partial charge in [-0.25, -0.2) is 4.21 Å². The molecule has 0 aliphatic heterocycles. The Bertz CT molecular complexity index is 407. The maximum Gasteiger partial charge on any atom is 0.0459 e. The highest BCUT2D eigenvalue weighted by Crippen LogP contribution is 2.18. The second-order valence-corrected chi connectivity index (χ2v) is 6.10. The van der Waals surface area contributed by atoms with Crippen molar-refractivity contribution in [3.05, 3.63) is 29.8 Å². The van der Waals surface area contributed by atoms with Crippen LogP contribution in [-0.4, -0.2) is 16.3 Å². The van der Waals surface area contributed by atoms with E-state index in [1.54, 1.807) is 6.26 Å². The molecule has 1 unspecified atom stereocenters. The Morgan fingerprint density at radius 1 is 1.43 bits per heavy atom. The molecule has 0 amide bonds. The van der Waals surface area contributed by atoms with E-state index in [9.17, 15) is 4.21 Å². The van der Waals surface area contributed by atoms with Crippen LogP contribution in [0.1, 0.15) is 25.3 Å². The van der Waals surface area contributed by atoms with Gasteiger partial charge in [0.15, 0.2) is 0 Å². The quantitative estimate of drug-likeness (QED) is 0.765. The fourth-order valence-electron chi connectivity index (χ4n) is 1.21. The minimum atomic E-state index is -2.17. The molecule has 1 aromatic carbocycles. The van der Waals surface area contributed by atoms with Crippen molar-refractivity contribution in [2.45, 2.75) is 19.8 Å². The molecular formula is C11H17NOS. The van der Waals surface area contributed by atoms with Crippen LogP contribution in [0.15, 0.2) is 24.3 Å². The molecule has 1 atom stereocenters. The van der Waals surface area contributed by atoms with Gasteiger partial charge in [-0.05, 0) is 29.5 Å². The van der Waals surface area contributed by atoms with Crippen molar-refractivity contribution in [1.82, 2.24) is 0 Å². The van der Waals surface area contributed by atoms with Crippen molar-refractivity contribution in [3.8, 4) is 0 Å². The van der Waals surface area contributed by atoms with Gasteiger partial charge in [0.05, 0.1) is 0 Å². The zero-order valence-electron chi connectivity index (χ0n) is 8.91. The molecule has 0 radical (unpaired) electrons. The molecule has 78 valence electrons. The van der Waals surface area contributed by atoms with Gasteiger partial charge in [-0.2, -0.15) is 0 Å². The average Bonchev–Trinajstić information content (AvgIpc) is 2.01. The summed E-state index contributed by atoms with van der Waals surface area (Å²) in [6.45, 7) is 4.26. The summed E-state index contributed by atoms with van der Waals surface area (Å²) in [6, 6.07) is 7.94. The summed E-state index contributed by atoms with van der Waals surface area (Å²) >= 11 is 0. The van der Waals surface area contributed by atoms with E-state index in [0.29, 0.717) is 5.92 Å². The number of hydrogen-bond acceptors (Lipinski definition) is 1. The lowest BCUT2D eigenvalue weighted by Gasteiger charge is -2.10. The van der Waals surface area contributed by atoms with Crippen molar-refractivity contribution in [1.29, 1.82) is 0 Å². The number of benzene rings is 1. The summed E-state index contributed by atoms with van der Waals surface area (Å²) in [4.78, 5) is 0. The Labute approximate surface area is 86.5 Å². The fraction of sp³-hybridized carbons (Fsp3) is 0.364. The van der Waals surface area contributed by atoms with Gasteiger partial charge in [-0.15, -0.1) is 0 Å². The van der Waals surface area contributed by atoms with E-state index in [1.807, 2.05) is 18.2 Å². The molecular weight excluding hydrogens is 194 g/mol. The summed E-state index contributed by atoms with van der Waals surface area (Å²) in [5.41, 5.74) is 2.11. The first kappa shape index (κ1) is 11.1. The van der Waals surface area contributed by atoms with Crippen LogP contribution >= 0.6 is 0 Å². The topological polar surface area (TPSA) is 29.1 Å². The SMILES string of the molecule is C=S(C)(=O)Nc1cccc(C(C)C)c1. The first-order chi connectivity index (χ1) is 6.38. The summed E-state index contributed by atoms with van der Waals surface area (Å²) in [5.74, 6) is 4.04. The van der Waals surface area contributed by atoms with Crippen molar-refractivity contribution < 1.29 is 4.21 Å². The summed E-state index contributed by atoms with van der Waals surface area (Å²) < 4.78 is 14.3. The maximum atomic E-state index is 11.4. The highest BCUT2D eigenvalue weighted by atomic mass is 32.2. The Kier molecular flexibility index (Phi) is 3.21. The summed E-state index contributed by atoms with van der Waals surface area (Å²) in [5, 5.41) is 0. The van der Waals surface area contributed by atoms with Crippen LogP contribution in [-0.2, 0) is 9.71 Å². The molecule has 0 aliphatic rings. The van der Waals surface area contributed by atoms with E-state index < -0.39 is 9.71 Å². The molecule has 3 heteroatoms. The van der Waals surface area contributed by atoms with E-state index >= 15 is 0 Å². The van der Waals surface area contributed by atoms with E-state index in [0.717, 1.165) is 5.69 Å². The molecule has 1 N–H and O–H groups in total. The molecule has 1 aromatic rings. The first-order valence-corrected chi connectivity index (χ1v) is 6.72. The number of nitrogens with one attached hydrogen (secondary N) is 1. The van der Waals surface area contributed by atoms with Crippen molar-refractivity contribution in [3.63, 3.8) is 0 Å². The average molecular weight is 211 g/mol. The lowest BCUT2D eigenvalue weighted by molar-refractivity contribution is 0.688. The molecule has 2 nitrogen and oxygen atoms in total. The van der Waals surface area contributed by atoms with Crippen molar-refractivity contribution >= 4 is 21.3 Å². The number of anilines is 1. The molecule has 0 bridgehead atoms. The van der Waals surface area contributed by atoms with Crippen LogP contribution in [0, 0.1) is 0 Å². The third-order valence-corrected chi connectivity index (χ3v) is 2.55. The molecule has 0 fully saturated rings. The molecule has 14 heavy (non-hydrogen) atoms. The van der Waals surface area contributed by atoms with Crippen LogP contribution in [0.4, 0.5) is 5.69 Å². The van der Waals surface area contributed by atoms with E-state index in [1.165, 1.54) is 5.56 Å². The van der Waals surface area contributed by atoms with E-state index in [2.05, 4.69) is 30.5 Å². The second kappa shape index (κ2) is 4.05. The highest BCUT2D eigenvalue weighted by Gasteiger charge is 2.01. The maximum absolute atomic E-state index is 11.4. The zero-order chi connectivity index (χ0) is 10.8. The van der Waals surface area contributed by atoms with Gasteiger partial charge in [0.2, 0.25) is 0 Å². The third kappa shape index (κ3) is 3.42. The summed E-state index contributed by atoms with van der Waals surface area (Å²) in [7, 11) is -2.17. The predicted octanol–water partition coefficient (Wildman–Crippen LogP) is 2.48. The van der Waals surface area contributed by atoms with E-state index in [-0.39, 0.29) is 0 Å². The van der Waals surface area contributed by atoms with Crippen molar-refractivity contribution in [2.24, 2.45) is 0 Å². The molecule has 0 heterocycles. The van der Waals surface area contributed by atoms with Crippen molar-refractivity contribution in [2.75, 3.05) is 11.0 Å². The van der Waals surface area contributed by atoms with Gasteiger partial charge in [0.25, 0.3) is 0 Å². The van der Waals surface area contributed by atoms with Crippen LogP contribution in [0.25, 0.3) is 0 Å². The first-order valence-electron chi connectivity index (χ1n) is 4.58. The molecule has 0 saturated heterocycles. The van der Waals surface area contributed by atoms with Gasteiger partial charge >= 0.3 is 0 Å². The molecule has 0 aromatic heterocycles. The monoisotopic (exact) mass is 211 g/mol. The minimum absolute atomic E-state index is 0.481. The molecule has 0 saturated carbocycles. The van der Waals surface area contributed by atoms with E-state index in [4.69, 9.17) is 0 Å². The standard InChI is InChI=1S/C11H17NOS/c1-9(2)10-6-5-7-11(8-10)12-14(3,4)13/h5-9H,3H2,1-2,4H3,(H,12,13). The Morgan fingerprint density at radius 3 is 2.57 bits per heavy atom. The molecule has 0 spiro atoms. The predicted molar refractivity (Wildman–Crippen MR) is 65.3 cm³/mol. The Hall–Kier alpha value is -0.960. The number of hydrogen-bond donors (Lipinski definition) is 1. The van der Waals surface area contributed by atoms with Gasteiger partial charge in [0.1, 0.15) is 0 Å². The normalized spacial score (nSPS) is 15.1. The smallest absolute Gasteiger partial charge is 0.0459 e. The lowest BCUT2D eigenvalue weighted by Crippen LogP contribution is -2.09. The summed E-state index contributed by atoms with van der Waals surface area (Å²) in [6.07, 6.45) is 1.59. The zero-order valence-corrected chi connectivity index (χ0v) is 9.73. The minimum Gasteiger partial charge on any atom is -0.313 e. The third-order valence-electron chi connectivity index (χ3n) is 1.89. The Balaban J connectivity index is 2.95. The van der Waals surface area contributed by atoms with Gasteiger partial charge in [0, 0.05) is 21.7 Å².